The molecule has 3 N–H and O–H groups in total. The van der Waals surface area contributed by atoms with Crippen molar-refractivity contribution in [2.45, 2.75) is 55.6 Å². The van der Waals surface area contributed by atoms with Gasteiger partial charge < -0.3 is 15.4 Å². The smallest absolute Gasteiger partial charge is 0.251 e. The Hall–Kier alpha value is -1.19. The van der Waals surface area contributed by atoms with E-state index >= 15 is 0 Å². The van der Waals surface area contributed by atoms with Gasteiger partial charge in [-0.2, -0.15) is 0 Å². The molecule has 7 nitrogen and oxygen atoms in total. The van der Waals surface area contributed by atoms with Crippen molar-refractivity contribution in [3.05, 3.63) is 29.3 Å². The molecule has 2 fully saturated rings. The fraction of sp³-hybridized carbons (Fsp3) is 0.611. The molecule has 1 amide bonds. The Bertz CT molecular complexity index is 760. The lowest BCUT2D eigenvalue weighted by molar-refractivity contribution is 0.0923. The second-order valence-electron chi connectivity index (χ2n) is 7.15. The molecule has 2 aliphatic heterocycles. The molecule has 2 heterocycles. The first-order chi connectivity index (χ1) is 12.4. The summed E-state index contributed by atoms with van der Waals surface area (Å²) >= 11 is 0. The highest BCUT2D eigenvalue weighted by atomic mass is 35.5. The summed E-state index contributed by atoms with van der Waals surface area (Å²) in [5.74, 6) is -0.206. The van der Waals surface area contributed by atoms with E-state index in [1.165, 1.54) is 19.2 Å². The first-order valence-electron chi connectivity index (χ1n) is 9.05. The first kappa shape index (κ1) is 22.1. The van der Waals surface area contributed by atoms with Gasteiger partial charge in [0.25, 0.3) is 5.91 Å². The van der Waals surface area contributed by atoms with Crippen molar-refractivity contribution < 1.29 is 17.9 Å². The Labute approximate surface area is 167 Å². The van der Waals surface area contributed by atoms with Crippen LogP contribution in [0.3, 0.4) is 0 Å². The van der Waals surface area contributed by atoms with Crippen molar-refractivity contribution in [2.24, 2.45) is 0 Å². The lowest BCUT2D eigenvalue weighted by Gasteiger charge is -2.29. The molecule has 2 unspecified atom stereocenters. The molecule has 1 aromatic rings. The number of fused-ring (bicyclic) bond motifs is 2. The Morgan fingerprint density at radius 3 is 2.56 bits per heavy atom. The number of hydrogen-bond donors (Lipinski definition) is 3. The molecule has 3 rings (SSSR count). The average molecular weight is 418 g/mol. The van der Waals surface area contributed by atoms with Crippen LogP contribution in [0, 0.1) is 6.92 Å². The maximum Gasteiger partial charge on any atom is 0.251 e. The summed E-state index contributed by atoms with van der Waals surface area (Å²) in [5.41, 5.74) is 1.17. The number of carbonyl (C=O) groups is 1. The first-order valence-corrected chi connectivity index (χ1v) is 10.5. The third kappa shape index (κ3) is 5.42. The largest absolute Gasteiger partial charge is 0.383 e. The molecule has 2 bridgehead atoms. The van der Waals surface area contributed by atoms with Gasteiger partial charge in [-0.25, -0.2) is 13.1 Å². The van der Waals surface area contributed by atoms with Crippen LogP contribution < -0.4 is 15.4 Å². The molecular formula is C18H28ClN3O4S. The highest BCUT2D eigenvalue weighted by Gasteiger charge is 2.34. The van der Waals surface area contributed by atoms with Gasteiger partial charge >= 0.3 is 0 Å². The molecule has 0 saturated carbocycles. The maximum atomic E-state index is 12.7. The predicted octanol–water partition coefficient (Wildman–Crippen LogP) is 1.35. The number of aryl methyl sites for hydroxylation is 1. The van der Waals surface area contributed by atoms with Gasteiger partial charge in [0.15, 0.2) is 0 Å². The number of hydrogen-bond acceptors (Lipinski definition) is 5. The molecule has 0 aromatic heterocycles. The van der Waals surface area contributed by atoms with Crippen molar-refractivity contribution in [3.63, 3.8) is 0 Å². The molecule has 0 aliphatic carbocycles. The highest BCUT2D eigenvalue weighted by Crippen LogP contribution is 2.27. The van der Waals surface area contributed by atoms with E-state index in [4.69, 9.17) is 4.74 Å². The summed E-state index contributed by atoms with van der Waals surface area (Å²) in [4.78, 5) is 12.8. The zero-order valence-corrected chi connectivity index (χ0v) is 17.3. The number of amides is 1. The normalized spacial score (nSPS) is 24.3. The van der Waals surface area contributed by atoms with Gasteiger partial charge in [-0.3, -0.25) is 4.79 Å². The zero-order chi connectivity index (χ0) is 18.7. The second-order valence-corrected chi connectivity index (χ2v) is 8.91. The molecule has 1 aromatic carbocycles. The van der Waals surface area contributed by atoms with E-state index < -0.39 is 10.0 Å². The molecule has 27 heavy (non-hydrogen) atoms. The maximum absolute atomic E-state index is 12.7. The summed E-state index contributed by atoms with van der Waals surface area (Å²) in [6, 6.07) is 5.75. The van der Waals surface area contributed by atoms with E-state index in [-0.39, 0.29) is 42.4 Å². The van der Waals surface area contributed by atoms with E-state index in [1.54, 1.807) is 6.07 Å². The van der Waals surface area contributed by atoms with Crippen molar-refractivity contribution in [2.75, 3.05) is 20.3 Å². The Kier molecular flexibility index (Phi) is 7.64. The molecule has 2 aliphatic rings. The Balaban J connectivity index is 0.00000261. The topological polar surface area (TPSA) is 96.5 Å². The van der Waals surface area contributed by atoms with Crippen LogP contribution in [0.1, 0.15) is 41.6 Å². The van der Waals surface area contributed by atoms with Crippen LogP contribution in [0.5, 0.6) is 0 Å². The van der Waals surface area contributed by atoms with E-state index in [1.807, 2.05) is 6.92 Å². The molecule has 0 spiro atoms. The van der Waals surface area contributed by atoms with E-state index in [0.717, 1.165) is 31.2 Å². The lowest BCUT2D eigenvalue weighted by Crippen LogP contribution is -2.48. The summed E-state index contributed by atoms with van der Waals surface area (Å²) in [5, 5.41) is 6.64. The van der Waals surface area contributed by atoms with Gasteiger partial charge in [0.1, 0.15) is 0 Å². The number of carbonyl (C=O) groups excluding carboxylic acids is 1. The van der Waals surface area contributed by atoms with Crippen LogP contribution in [-0.2, 0) is 14.8 Å². The highest BCUT2D eigenvalue weighted by molar-refractivity contribution is 7.89. The number of piperidine rings is 1. The van der Waals surface area contributed by atoms with Gasteiger partial charge in [-0.1, -0.05) is 6.07 Å². The Morgan fingerprint density at radius 1 is 1.26 bits per heavy atom. The monoisotopic (exact) mass is 417 g/mol. The van der Waals surface area contributed by atoms with Crippen molar-refractivity contribution >= 4 is 28.3 Å². The third-order valence-electron chi connectivity index (χ3n) is 5.17. The van der Waals surface area contributed by atoms with Crippen LogP contribution in [0.4, 0.5) is 0 Å². The lowest BCUT2D eigenvalue weighted by atomic mass is 9.99. The third-order valence-corrected chi connectivity index (χ3v) is 6.63. The number of ether oxygens (including phenoxy) is 1. The second kappa shape index (κ2) is 9.34. The van der Waals surface area contributed by atoms with Gasteiger partial charge in [0.2, 0.25) is 10.0 Å². The van der Waals surface area contributed by atoms with Crippen molar-refractivity contribution in [1.82, 2.24) is 15.4 Å². The molecule has 2 atom stereocenters. The predicted molar refractivity (Wildman–Crippen MR) is 106 cm³/mol. The summed E-state index contributed by atoms with van der Waals surface area (Å²) in [7, 11) is -2.16. The number of rotatable bonds is 7. The number of halogens is 1. The summed E-state index contributed by atoms with van der Waals surface area (Å²) in [6.45, 7) is 2.29. The minimum Gasteiger partial charge on any atom is -0.383 e. The fourth-order valence-corrected chi connectivity index (χ4v) is 4.85. The average Bonchev–Trinajstić information content (AvgIpc) is 2.93. The molecule has 152 valence electrons. The standard InChI is InChI=1S/C18H27N3O4S.ClH/c1-12-3-6-16(26(23,24)19-7-8-25-2)11-17(12)18(22)21-15-9-13-4-5-14(10-15)20-13;/h3,6,11,13-15,19-20H,4-5,7-10H2,1-2H3,(H,21,22);1H. The fourth-order valence-electron chi connectivity index (χ4n) is 3.81. The van der Waals surface area contributed by atoms with E-state index in [2.05, 4.69) is 15.4 Å². The van der Waals surface area contributed by atoms with Crippen molar-refractivity contribution in [3.8, 4) is 0 Å². The van der Waals surface area contributed by atoms with Crippen LogP contribution in [0.25, 0.3) is 0 Å². The minimum atomic E-state index is -3.67. The van der Waals surface area contributed by atoms with Gasteiger partial charge in [-0.15, -0.1) is 12.4 Å². The zero-order valence-electron chi connectivity index (χ0n) is 15.7. The molecule has 0 radical (unpaired) electrons. The molecular weight excluding hydrogens is 390 g/mol. The number of sulfonamides is 1. The van der Waals surface area contributed by atoms with Gasteiger partial charge in [-0.05, 0) is 50.3 Å². The summed E-state index contributed by atoms with van der Waals surface area (Å²) < 4.78 is 32.1. The molecule has 2 saturated heterocycles. The van der Waals surface area contributed by atoms with Crippen LogP contribution in [-0.4, -0.2) is 52.7 Å². The number of nitrogens with one attached hydrogen (secondary N) is 3. The summed E-state index contributed by atoms with van der Waals surface area (Å²) in [6.07, 6.45) is 4.18. The minimum absolute atomic E-state index is 0. The van der Waals surface area contributed by atoms with E-state index in [9.17, 15) is 13.2 Å². The Morgan fingerprint density at radius 2 is 1.93 bits per heavy atom. The number of methoxy groups -OCH3 is 1. The SMILES string of the molecule is COCCNS(=O)(=O)c1ccc(C)c(C(=O)NC2CC3CCC(C2)N3)c1.Cl. The van der Waals surface area contributed by atoms with Gasteiger partial charge in [0, 0.05) is 37.3 Å². The molecule has 9 heteroatoms. The van der Waals surface area contributed by atoms with Crippen LogP contribution in [0.15, 0.2) is 23.1 Å². The number of benzene rings is 1. The van der Waals surface area contributed by atoms with Crippen LogP contribution >= 0.6 is 12.4 Å². The van der Waals surface area contributed by atoms with E-state index in [0.29, 0.717) is 17.6 Å². The van der Waals surface area contributed by atoms with Crippen molar-refractivity contribution in [1.29, 1.82) is 0 Å². The van der Waals surface area contributed by atoms with Crippen LogP contribution in [0.2, 0.25) is 0 Å². The quantitative estimate of drug-likeness (QED) is 0.582. The van der Waals surface area contributed by atoms with Gasteiger partial charge in [0.05, 0.1) is 11.5 Å².